The number of rotatable bonds is 4. The standard InChI is InChI=1S/C17H18N6O4/c24-15(21-26)12-6-19-16(20-7-12)22-8-14-4-13(22)9-23(14)17(25)27-10-11-2-1-3-18-5-11/h1-3,5-7,13-14,26H,4,8-10H2,(H,21,24)/t13-,14?/m0/s1. The summed E-state index contributed by atoms with van der Waals surface area (Å²) in [6.07, 6.45) is 6.55. The fraction of sp³-hybridized carbons (Fsp3) is 0.353. The van der Waals surface area contributed by atoms with Gasteiger partial charge in [-0.25, -0.2) is 20.2 Å². The molecule has 2 N–H and O–H groups in total. The molecule has 0 radical (unpaired) electrons. The van der Waals surface area contributed by atoms with E-state index in [1.54, 1.807) is 28.8 Å². The third kappa shape index (κ3) is 3.38. The van der Waals surface area contributed by atoms with Gasteiger partial charge in [-0.3, -0.25) is 15.0 Å². The van der Waals surface area contributed by atoms with Crippen LogP contribution in [0.5, 0.6) is 0 Å². The highest BCUT2D eigenvalue weighted by atomic mass is 16.6. The molecule has 2 aromatic heterocycles. The largest absolute Gasteiger partial charge is 0.444 e. The quantitative estimate of drug-likeness (QED) is 0.593. The lowest BCUT2D eigenvalue weighted by atomic mass is 10.2. The Balaban J connectivity index is 1.35. The van der Waals surface area contributed by atoms with Gasteiger partial charge < -0.3 is 14.5 Å². The first-order valence-corrected chi connectivity index (χ1v) is 8.51. The number of hydroxylamine groups is 1. The summed E-state index contributed by atoms with van der Waals surface area (Å²) in [7, 11) is 0. The molecule has 0 aliphatic carbocycles. The number of carbonyl (C=O) groups is 2. The average molecular weight is 370 g/mol. The highest BCUT2D eigenvalue weighted by molar-refractivity contribution is 5.92. The monoisotopic (exact) mass is 370 g/mol. The molecule has 0 spiro atoms. The molecule has 4 rings (SSSR count). The number of hydrogen-bond acceptors (Lipinski definition) is 8. The predicted molar refractivity (Wildman–Crippen MR) is 92.0 cm³/mol. The molecule has 0 aromatic carbocycles. The summed E-state index contributed by atoms with van der Waals surface area (Å²) in [6.45, 7) is 1.35. The minimum Gasteiger partial charge on any atom is -0.444 e. The van der Waals surface area contributed by atoms with E-state index >= 15 is 0 Å². The summed E-state index contributed by atoms with van der Waals surface area (Å²) in [5.41, 5.74) is 2.56. The van der Waals surface area contributed by atoms with Gasteiger partial charge in [-0.2, -0.15) is 0 Å². The number of aromatic nitrogens is 3. The molecule has 10 nitrogen and oxygen atoms in total. The molecule has 2 aromatic rings. The van der Waals surface area contributed by atoms with Gasteiger partial charge >= 0.3 is 6.09 Å². The summed E-state index contributed by atoms with van der Waals surface area (Å²) < 4.78 is 5.39. The van der Waals surface area contributed by atoms with Crippen LogP contribution in [-0.2, 0) is 11.3 Å². The molecule has 2 bridgehead atoms. The summed E-state index contributed by atoms with van der Waals surface area (Å²) in [5.74, 6) is -0.160. The number of pyridine rings is 1. The van der Waals surface area contributed by atoms with Crippen LogP contribution in [-0.4, -0.2) is 62.2 Å². The van der Waals surface area contributed by atoms with E-state index in [2.05, 4.69) is 15.0 Å². The number of carbonyl (C=O) groups excluding carboxylic acids is 2. The SMILES string of the molecule is O=C(NO)c1cnc(N2CC3C[C@H]2CN3C(=O)OCc2cccnc2)nc1. The molecule has 2 aliphatic heterocycles. The van der Waals surface area contributed by atoms with Crippen molar-refractivity contribution in [2.45, 2.75) is 25.1 Å². The van der Waals surface area contributed by atoms with Crippen molar-refractivity contribution in [1.29, 1.82) is 0 Å². The van der Waals surface area contributed by atoms with Gasteiger partial charge in [-0.1, -0.05) is 6.07 Å². The molecule has 2 atom stereocenters. The topological polar surface area (TPSA) is 121 Å². The first-order valence-electron chi connectivity index (χ1n) is 8.51. The van der Waals surface area contributed by atoms with Crippen molar-refractivity contribution in [2.75, 3.05) is 18.0 Å². The van der Waals surface area contributed by atoms with Gasteiger partial charge in [0.15, 0.2) is 0 Å². The van der Waals surface area contributed by atoms with Crippen molar-refractivity contribution in [3.8, 4) is 0 Å². The first-order chi connectivity index (χ1) is 13.2. The number of anilines is 1. The van der Waals surface area contributed by atoms with Crippen molar-refractivity contribution in [3.63, 3.8) is 0 Å². The van der Waals surface area contributed by atoms with E-state index in [1.807, 2.05) is 11.0 Å². The average Bonchev–Trinajstić information content (AvgIpc) is 3.33. The van der Waals surface area contributed by atoms with E-state index in [0.29, 0.717) is 19.0 Å². The normalized spacial score (nSPS) is 20.6. The van der Waals surface area contributed by atoms with Gasteiger partial charge in [0.25, 0.3) is 5.91 Å². The number of nitrogens with one attached hydrogen (secondary N) is 1. The van der Waals surface area contributed by atoms with Gasteiger partial charge in [-0.05, 0) is 12.5 Å². The second kappa shape index (κ2) is 7.16. The van der Waals surface area contributed by atoms with Crippen LogP contribution in [0.1, 0.15) is 22.3 Å². The minimum atomic E-state index is -0.660. The smallest absolute Gasteiger partial charge is 0.410 e. The number of piperazine rings is 1. The summed E-state index contributed by atoms with van der Waals surface area (Å²) in [5, 5.41) is 8.63. The van der Waals surface area contributed by atoms with Crippen LogP contribution < -0.4 is 10.4 Å². The van der Waals surface area contributed by atoms with Crippen molar-refractivity contribution < 1.29 is 19.5 Å². The Labute approximate surface area is 154 Å². The van der Waals surface area contributed by atoms with Crippen molar-refractivity contribution in [3.05, 3.63) is 48.0 Å². The van der Waals surface area contributed by atoms with Crippen LogP contribution in [0.25, 0.3) is 0 Å². The number of likely N-dealkylation sites (tertiary alicyclic amines) is 1. The third-order valence-electron chi connectivity index (χ3n) is 4.82. The zero-order chi connectivity index (χ0) is 18.8. The minimum absolute atomic E-state index is 0.0421. The molecular formula is C17H18N6O4. The molecule has 2 amide bonds. The van der Waals surface area contributed by atoms with Gasteiger partial charge in [-0.15, -0.1) is 0 Å². The Morgan fingerprint density at radius 1 is 1.22 bits per heavy atom. The molecule has 2 aliphatic rings. The van der Waals surface area contributed by atoms with E-state index < -0.39 is 5.91 Å². The molecular weight excluding hydrogens is 352 g/mol. The van der Waals surface area contributed by atoms with Crippen LogP contribution in [0.2, 0.25) is 0 Å². The van der Waals surface area contributed by atoms with Gasteiger partial charge in [0.1, 0.15) is 6.61 Å². The molecule has 27 heavy (non-hydrogen) atoms. The van der Waals surface area contributed by atoms with E-state index in [4.69, 9.17) is 9.94 Å². The van der Waals surface area contributed by atoms with Gasteiger partial charge in [0.2, 0.25) is 5.95 Å². The Kier molecular flexibility index (Phi) is 4.55. The maximum Gasteiger partial charge on any atom is 0.410 e. The maximum atomic E-state index is 12.4. The number of amides is 2. The van der Waals surface area contributed by atoms with Crippen LogP contribution in [0, 0.1) is 0 Å². The van der Waals surface area contributed by atoms with E-state index in [-0.39, 0.29) is 30.3 Å². The van der Waals surface area contributed by atoms with Crippen LogP contribution >= 0.6 is 0 Å². The van der Waals surface area contributed by atoms with Crippen molar-refractivity contribution >= 4 is 17.9 Å². The first kappa shape index (κ1) is 17.2. The number of hydrogen-bond donors (Lipinski definition) is 2. The summed E-state index contributed by atoms with van der Waals surface area (Å²) in [6, 6.07) is 3.81. The number of fused-ring (bicyclic) bond motifs is 2. The van der Waals surface area contributed by atoms with Gasteiger partial charge in [0.05, 0.1) is 17.6 Å². The Morgan fingerprint density at radius 2 is 2.04 bits per heavy atom. The molecule has 4 heterocycles. The zero-order valence-electron chi connectivity index (χ0n) is 14.4. The van der Waals surface area contributed by atoms with E-state index in [9.17, 15) is 9.59 Å². The summed E-state index contributed by atoms with van der Waals surface area (Å²) in [4.78, 5) is 39.9. The van der Waals surface area contributed by atoms with E-state index in [1.165, 1.54) is 12.4 Å². The number of ether oxygens (including phenoxy) is 1. The predicted octanol–water partition coefficient (Wildman–Crippen LogP) is 0.590. The molecule has 2 saturated heterocycles. The highest BCUT2D eigenvalue weighted by Gasteiger charge is 2.46. The molecule has 10 heteroatoms. The second-order valence-electron chi connectivity index (χ2n) is 6.48. The molecule has 0 saturated carbocycles. The zero-order valence-corrected chi connectivity index (χ0v) is 14.4. The van der Waals surface area contributed by atoms with Crippen molar-refractivity contribution in [2.24, 2.45) is 0 Å². The lowest BCUT2D eigenvalue weighted by Crippen LogP contribution is -2.49. The summed E-state index contributed by atoms with van der Waals surface area (Å²) >= 11 is 0. The maximum absolute atomic E-state index is 12.4. The van der Waals surface area contributed by atoms with Crippen LogP contribution in [0.3, 0.4) is 0 Å². The second-order valence-corrected chi connectivity index (χ2v) is 6.48. The Bertz CT molecular complexity index is 831. The van der Waals surface area contributed by atoms with Gasteiger partial charge in [0, 0.05) is 43.4 Å². The lowest BCUT2D eigenvalue weighted by Gasteiger charge is -2.33. The van der Waals surface area contributed by atoms with Crippen molar-refractivity contribution in [1.82, 2.24) is 25.3 Å². The van der Waals surface area contributed by atoms with E-state index in [0.717, 1.165) is 12.0 Å². The fourth-order valence-electron chi connectivity index (χ4n) is 3.50. The number of nitrogens with zero attached hydrogens (tertiary/aromatic N) is 5. The molecule has 140 valence electrons. The molecule has 2 fully saturated rings. The van der Waals surface area contributed by atoms with Crippen LogP contribution in [0.15, 0.2) is 36.9 Å². The Morgan fingerprint density at radius 3 is 2.67 bits per heavy atom. The van der Waals surface area contributed by atoms with Crippen LogP contribution in [0.4, 0.5) is 10.7 Å². The Hall–Kier alpha value is -3.27. The fourth-order valence-corrected chi connectivity index (χ4v) is 3.50. The highest BCUT2D eigenvalue weighted by Crippen LogP contribution is 2.33. The molecule has 1 unspecified atom stereocenters. The lowest BCUT2D eigenvalue weighted by molar-refractivity contribution is 0.0705. The third-order valence-corrected chi connectivity index (χ3v) is 4.82.